The van der Waals surface area contributed by atoms with Gasteiger partial charge >= 0.3 is 0 Å². The molecular formula is C15H17FN2OS. The van der Waals surface area contributed by atoms with Crippen molar-refractivity contribution in [2.24, 2.45) is 0 Å². The van der Waals surface area contributed by atoms with Gasteiger partial charge in [-0.2, -0.15) is 5.10 Å². The summed E-state index contributed by atoms with van der Waals surface area (Å²) in [5, 5.41) is 4.49. The molecule has 1 aliphatic carbocycles. The van der Waals surface area contributed by atoms with Crippen molar-refractivity contribution >= 4 is 10.8 Å². The van der Waals surface area contributed by atoms with Gasteiger partial charge in [0.25, 0.3) is 0 Å². The Morgan fingerprint density at radius 2 is 2.00 bits per heavy atom. The SMILES string of the molecule is O=S(Cc1ccn(C2CCCC2)n1)c1ccccc1F. The molecule has 1 unspecified atom stereocenters. The fraction of sp³-hybridized carbons (Fsp3) is 0.400. The molecule has 0 spiro atoms. The fourth-order valence-electron chi connectivity index (χ4n) is 2.67. The van der Waals surface area contributed by atoms with Crippen molar-refractivity contribution in [1.29, 1.82) is 0 Å². The van der Waals surface area contributed by atoms with Crippen LogP contribution in [0.4, 0.5) is 4.39 Å². The second kappa shape index (κ2) is 5.87. The smallest absolute Gasteiger partial charge is 0.139 e. The van der Waals surface area contributed by atoms with E-state index in [0.717, 1.165) is 18.5 Å². The zero-order chi connectivity index (χ0) is 13.9. The summed E-state index contributed by atoms with van der Waals surface area (Å²) in [5.74, 6) is -0.151. The molecule has 1 fully saturated rings. The van der Waals surface area contributed by atoms with Gasteiger partial charge in [-0.05, 0) is 31.0 Å². The van der Waals surface area contributed by atoms with E-state index in [1.807, 2.05) is 16.9 Å². The first-order chi connectivity index (χ1) is 9.74. The summed E-state index contributed by atoms with van der Waals surface area (Å²) < 4.78 is 27.7. The molecule has 106 valence electrons. The van der Waals surface area contributed by atoms with Crippen LogP contribution in [0.25, 0.3) is 0 Å². The van der Waals surface area contributed by atoms with Crippen molar-refractivity contribution in [3.05, 3.63) is 48.0 Å². The summed E-state index contributed by atoms with van der Waals surface area (Å²) >= 11 is 0. The normalized spacial score (nSPS) is 17.4. The van der Waals surface area contributed by atoms with E-state index in [1.54, 1.807) is 18.2 Å². The zero-order valence-electron chi connectivity index (χ0n) is 11.2. The largest absolute Gasteiger partial charge is 0.269 e. The van der Waals surface area contributed by atoms with E-state index in [2.05, 4.69) is 5.10 Å². The monoisotopic (exact) mass is 292 g/mol. The molecule has 0 N–H and O–H groups in total. The predicted molar refractivity (Wildman–Crippen MR) is 76.2 cm³/mol. The summed E-state index contributed by atoms with van der Waals surface area (Å²) in [5.41, 5.74) is 0.762. The number of halogens is 1. The average molecular weight is 292 g/mol. The maximum atomic E-state index is 13.6. The van der Waals surface area contributed by atoms with Gasteiger partial charge in [-0.1, -0.05) is 25.0 Å². The lowest BCUT2D eigenvalue weighted by atomic mass is 10.3. The van der Waals surface area contributed by atoms with E-state index in [4.69, 9.17) is 0 Å². The van der Waals surface area contributed by atoms with Gasteiger partial charge in [0.05, 0.1) is 33.2 Å². The Morgan fingerprint density at radius 1 is 1.25 bits per heavy atom. The van der Waals surface area contributed by atoms with Gasteiger partial charge in [0, 0.05) is 6.20 Å². The Labute approximate surface area is 120 Å². The summed E-state index contributed by atoms with van der Waals surface area (Å²) in [4.78, 5) is 0.253. The van der Waals surface area contributed by atoms with Gasteiger partial charge in [-0.15, -0.1) is 0 Å². The first-order valence-corrected chi connectivity index (χ1v) is 8.23. The Morgan fingerprint density at radius 3 is 2.75 bits per heavy atom. The van der Waals surface area contributed by atoms with Crippen molar-refractivity contribution in [2.75, 3.05) is 0 Å². The third-order valence-corrected chi connectivity index (χ3v) is 5.10. The van der Waals surface area contributed by atoms with Gasteiger partial charge in [-0.25, -0.2) is 4.39 Å². The highest BCUT2D eigenvalue weighted by atomic mass is 32.2. The van der Waals surface area contributed by atoms with Gasteiger partial charge in [0.15, 0.2) is 0 Å². The number of aromatic nitrogens is 2. The van der Waals surface area contributed by atoms with Crippen molar-refractivity contribution in [2.45, 2.75) is 42.4 Å². The van der Waals surface area contributed by atoms with Crippen LogP contribution in [0.1, 0.15) is 37.4 Å². The van der Waals surface area contributed by atoms with Gasteiger partial charge in [0.2, 0.25) is 0 Å². The van der Waals surface area contributed by atoms with Crippen LogP contribution in [-0.4, -0.2) is 14.0 Å². The van der Waals surface area contributed by atoms with E-state index in [0.29, 0.717) is 6.04 Å². The lowest BCUT2D eigenvalue weighted by Gasteiger charge is -2.08. The van der Waals surface area contributed by atoms with Crippen LogP contribution in [0, 0.1) is 5.82 Å². The Kier molecular flexibility index (Phi) is 3.96. The second-order valence-corrected chi connectivity index (χ2v) is 6.57. The molecule has 0 radical (unpaired) electrons. The maximum absolute atomic E-state index is 13.6. The maximum Gasteiger partial charge on any atom is 0.139 e. The molecule has 20 heavy (non-hydrogen) atoms. The standard InChI is InChI=1S/C15H17FN2OS/c16-14-7-3-4-8-15(14)20(19)11-12-9-10-18(17-12)13-5-1-2-6-13/h3-4,7-10,13H,1-2,5-6,11H2. The highest BCUT2D eigenvalue weighted by Crippen LogP contribution is 2.28. The highest BCUT2D eigenvalue weighted by Gasteiger charge is 2.18. The molecule has 2 aromatic rings. The zero-order valence-corrected chi connectivity index (χ0v) is 12.0. The molecule has 3 nitrogen and oxygen atoms in total. The van der Waals surface area contributed by atoms with E-state index < -0.39 is 16.6 Å². The lowest BCUT2D eigenvalue weighted by molar-refractivity contribution is 0.464. The molecule has 0 bridgehead atoms. The van der Waals surface area contributed by atoms with Crippen molar-refractivity contribution in [3.8, 4) is 0 Å². The Balaban J connectivity index is 1.72. The molecule has 1 aliphatic rings. The molecule has 1 atom stereocenters. The van der Waals surface area contributed by atoms with Crippen molar-refractivity contribution < 1.29 is 8.60 Å². The second-order valence-electron chi connectivity index (χ2n) is 5.15. The van der Waals surface area contributed by atoms with Gasteiger partial charge in [-0.3, -0.25) is 8.89 Å². The van der Waals surface area contributed by atoms with Crippen LogP contribution in [0.3, 0.4) is 0 Å². The van der Waals surface area contributed by atoms with Crippen molar-refractivity contribution in [3.63, 3.8) is 0 Å². The molecule has 1 heterocycles. The summed E-state index contributed by atoms with van der Waals surface area (Å²) in [6.07, 6.45) is 6.78. The van der Waals surface area contributed by atoms with Crippen molar-refractivity contribution in [1.82, 2.24) is 9.78 Å². The first-order valence-electron chi connectivity index (χ1n) is 6.91. The number of nitrogens with zero attached hydrogens (tertiary/aromatic N) is 2. The number of rotatable bonds is 4. The molecule has 0 amide bonds. The molecular weight excluding hydrogens is 275 g/mol. The number of hydrogen-bond acceptors (Lipinski definition) is 2. The Hall–Kier alpha value is -1.49. The van der Waals surface area contributed by atoms with E-state index in [-0.39, 0.29) is 10.6 Å². The topological polar surface area (TPSA) is 34.9 Å². The highest BCUT2D eigenvalue weighted by molar-refractivity contribution is 7.84. The molecule has 1 saturated carbocycles. The van der Waals surface area contributed by atoms with Gasteiger partial charge < -0.3 is 0 Å². The minimum atomic E-state index is -1.38. The molecule has 3 rings (SSSR count). The Bertz CT molecular complexity index is 620. The molecule has 1 aromatic carbocycles. The number of hydrogen-bond donors (Lipinski definition) is 0. The summed E-state index contributed by atoms with van der Waals surface area (Å²) in [6, 6.07) is 8.57. The van der Waals surface area contributed by atoms with Crippen LogP contribution in [0.2, 0.25) is 0 Å². The van der Waals surface area contributed by atoms with E-state index in [9.17, 15) is 8.60 Å². The third kappa shape index (κ3) is 2.82. The number of benzene rings is 1. The average Bonchev–Trinajstić information content (AvgIpc) is 3.09. The fourth-order valence-corrected chi connectivity index (χ4v) is 3.76. The van der Waals surface area contributed by atoms with Crippen LogP contribution in [0.5, 0.6) is 0 Å². The molecule has 1 aromatic heterocycles. The third-order valence-electron chi connectivity index (χ3n) is 3.72. The lowest BCUT2D eigenvalue weighted by Crippen LogP contribution is -2.06. The first kappa shape index (κ1) is 13.5. The molecule has 5 heteroatoms. The molecule has 0 saturated heterocycles. The van der Waals surface area contributed by atoms with E-state index >= 15 is 0 Å². The minimum Gasteiger partial charge on any atom is -0.269 e. The summed E-state index contributed by atoms with van der Waals surface area (Å²) in [7, 11) is -1.38. The van der Waals surface area contributed by atoms with E-state index in [1.165, 1.54) is 18.9 Å². The summed E-state index contributed by atoms with van der Waals surface area (Å²) in [6.45, 7) is 0. The molecule has 0 aliphatic heterocycles. The van der Waals surface area contributed by atoms with Crippen LogP contribution in [0.15, 0.2) is 41.4 Å². The minimum absolute atomic E-state index is 0.253. The van der Waals surface area contributed by atoms with Crippen LogP contribution >= 0.6 is 0 Å². The van der Waals surface area contributed by atoms with Crippen LogP contribution < -0.4 is 0 Å². The van der Waals surface area contributed by atoms with Gasteiger partial charge in [0.1, 0.15) is 5.82 Å². The van der Waals surface area contributed by atoms with Crippen LogP contribution in [-0.2, 0) is 16.6 Å². The predicted octanol–water partition coefficient (Wildman–Crippen LogP) is 3.45. The quantitative estimate of drug-likeness (QED) is 0.865.